The van der Waals surface area contributed by atoms with Crippen LogP contribution in [0.15, 0.2) is 53.6 Å². The number of benzene rings is 2. The van der Waals surface area contributed by atoms with Gasteiger partial charge in [0.1, 0.15) is 5.75 Å². The molecule has 1 N–H and O–H groups in total. The molecule has 2 rings (SSSR count). The molecule has 0 aromatic heterocycles. The van der Waals surface area contributed by atoms with Crippen molar-refractivity contribution >= 4 is 12.1 Å². The molecule has 0 aliphatic carbocycles. The number of carbonyl (C=O) groups excluding carboxylic acids is 1. The molecule has 1 amide bonds. The number of methoxy groups -OCH3 is 1. The van der Waals surface area contributed by atoms with Crippen LogP contribution in [0.3, 0.4) is 0 Å². The predicted molar refractivity (Wildman–Crippen MR) is 96.5 cm³/mol. The van der Waals surface area contributed by atoms with Crippen LogP contribution in [0, 0.1) is 0 Å². The molecule has 0 atom stereocenters. The van der Waals surface area contributed by atoms with Crippen LogP contribution in [-0.4, -0.2) is 32.4 Å². The molecule has 0 radical (unpaired) electrons. The van der Waals surface area contributed by atoms with E-state index in [0.29, 0.717) is 18.1 Å². The molecule has 6 heteroatoms. The average molecular weight is 342 g/mol. The summed E-state index contributed by atoms with van der Waals surface area (Å²) >= 11 is 0. The number of hydrogen-bond acceptors (Lipinski definition) is 5. The summed E-state index contributed by atoms with van der Waals surface area (Å²) in [6.07, 6.45) is 2.52. The molecule has 0 saturated heterocycles. The predicted octanol–water partition coefficient (Wildman–Crippen LogP) is 3.01. The summed E-state index contributed by atoms with van der Waals surface area (Å²) in [7, 11) is 1.55. The minimum Gasteiger partial charge on any atom is -0.494 e. The van der Waals surface area contributed by atoms with Crippen LogP contribution in [-0.2, 0) is 4.79 Å². The molecule has 0 unspecified atom stereocenters. The fraction of sp³-hybridized carbons (Fsp3) is 0.263. The summed E-state index contributed by atoms with van der Waals surface area (Å²) in [4.78, 5) is 11.8. The average Bonchev–Trinajstić information content (AvgIpc) is 2.66. The first-order chi connectivity index (χ1) is 12.2. The van der Waals surface area contributed by atoms with Crippen LogP contribution >= 0.6 is 0 Å². The van der Waals surface area contributed by atoms with Gasteiger partial charge in [-0.1, -0.05) is 19.1 Å². The number of para-hydroxylation sites is 2. The Hall–Kier alpha value is -3.02. The quantitative estimate of drug-likeness (QED) is 0.562. The number of nitrogens with zero attached hydrogens (tertiary/aromatic N) is 1. The van der Waals surface area contributed by atoms with E-state index in [9.17, 15) is 4.79 Å². The largest absolute Gasteiger partial charge is 0.494 e. The SMILES string of the molecule is CCCOc1ccc(/C=N\NC(=O)COc2ccccc2OC)cc1. The second kappa shape index (κ2) is 9.97. The number of amides is 1. The van der Waals surface area contributed by atoms with Crippen molar-refractivity contribution in [3.05, 3.63) is 54.1 Å². The van der Waals surface area contributed by atoms with Crippen LogP contribution in [0.4, 0.5) is 0 Å². The van der Waals surface area contributed by atoms with Crippen LogP contribution in [0.25, 0.3) is 0 Å². The lowest BCUT2D eigenvalue weighted by atomic mass is 10.2. The van der Waals surface area contributed by atoms with E-state index in [1.807, 2.05) is 36.4 Å². The maximum Gasteiger partial charge on any atom is 0.277 e. The third-order valence-corrected chi connectivity index (χ3v) is 3.18. The van der Waals surface area contributed by atoms with Crippen molar-refractivity contribution in [2.24, 2.45) is 5.10 Å². The van der Waals surface area contributed by atoms with Gasteiger partial charge in [-0.05, 0) is 48.4 Å². The van der Waals surface area contributed by atoms with Crippen LogP contribution in [0.5, 0.6) is 17.2 Å². The van der Waals surface area contributed by atoms with Gasteiger partial charge >= 0.3 is 0 Å². The van der Waals surface area contributed by atoms with E-state index < -0.39 is 0 Å². The van der Waals surface area contributed by atoms with Crippen molar-refractivity contribution in [1.82, 2.24) is 5.43 Å². The van der Waals surface area contributed by atoms with Gasteiger partial charge in [0.2, 0.25) is 0 Å². The second-order valence-electron chi connectivity index (χ2n) is 5.15. The lowest BCUT2D eigenvalue weighted by Gasteiger charge is -2.09. The minimum atomic E-state index is -0.356. The number of rotatable bonds is 9. The number of carbonyl (C=O) groups is 1. The van der Waals surface area contributed by atoms with Crippen molar-refractivity contribution in [1.29, 1.82) is 0 Å². The number of hydrogen-bond donors (Lipinski definition) is 1. The van der Waals surface area contributed by atoms with E-state index in [-0.39, 0.29) is 12.5 Å². The first kappa shape index (κ1) is 18.3. The van der Waals surface area contributed by atoms with Crippen LogP contribution < -0.4 is 19.6 Å². The Kier molecular flexibility index (Phi) is 7.31. The molecule has 6 nitrogen and oxygen atoms in total. The van der Waals surface area contributed by atoms with Crippen LogP contribution in [0.2, 0.25) is 0 Å². The van der Waals surface area contributed by atoms with Gasteiger partial charge in [0.25, 0.3) is 5.91 Å². The van der Waals surface area contributed by atoms with Gasteiger partial charge in [-0.15, -0.1) is 0 Å². The van der Waals surface area contributed by atoms with E-state index in [2.05, 4.69) is 17.5 Å². The summed E-state index contributed by atoms with van der Waals surface area (Å²) in [5.41, 5.74) is 3.28. The van der Waals surface area contributed by atoms with E-state index >= 15 is 0 Å². The van der Waals surface area contributed by atoms with Gasteiger partial charge in [-0.3, -0.25) is 4.79 Å². The normalized spacial score (nSPS) is 10.5. The van der Waals surface area contributed by atoms with Gasteiger partial charge in [0.05, 0.1) is 19.9 Å². The zero-order chi connectivity index (χ0) is 17.9. The van der Waals surface area contributed by atoms with Gasteiger partial charge in [-0.25, -0.2) is 5.43 Å². The molecule has 2 aromatic carbocycles. The summed E-state index contributed by atoms with van der Waals surface area (Å²) < 4.78 is 16.1. The smallest absolute Gasteiger partial charge is 0.277 e. The zero-order valence-electron chi connectivity index (χ0n) is 14.4. The van der Waals surface area contributed by atoms with E-state index in [1.54, 1.807) is 25.5 Å². The van der Waals surface area contributed by atoms with Gasteiger partial charge in [-0.2, -0.15) is 5.10 Å². The Morgan fingerprint density at radius 1 is 1.08 bits per heavy atom. The van der Waals surface area contributed by atoms with Crippen molar-refractivity contribution < 1.29 is 19.0 Å². The van der Waals surface area contributed by atoms with Crippen molar-refractivity contribution in [2.45, 2.75) is 13.3 Å². The highest BCUT2D eigenvalue weighted by Crippen LogP contribution is 2.25. The van der Waals surface area contributed by atoms with Gasteiger partial charge in [0, 0.05) is 0 Å². The van der Waals surface area contributed by atoms with E-state index in [1.165, 1.54) is 0 Å². The minimum absolute atomic E-state index is 0.151. The van der Waals surface area contributed by atoms with Crippen molar-refractivity contribution in [2.75, 3.05) is 20.3 Å². The van der Waals surface area contributed by atoms with E-state index in [0.717, 1.165) is 17.7 Å². The molecular weight excluding hydrogens is 320 g/mol. The van der Waals surface area contributed by atoms with Crippen molar-refractivity contribution in [3.8, 4) is 17.2 Å². The lowest BCUT2D eigenvalue weighted by molar-refractivity contribution is -0.123. The fourth-order valence-electron chi connectivity index (χ4n) is 1.96. The topological polar surface area (TPSA) is 69.2 Å². The van der Waals surface area contributed by atoms with Gasteiger partial charge < -0.3 is 14.2 Å². The molecule has 0 fully saturated rings. The maximum atomic E-state index is 11.8. The third-order valence-electron chi connectivity index (χ3n) is 3.18. The molecule has 0 heterocycles. The molecule has 0 bridgehead atoms. The molecule has 0 aliphatic heterocycles. The Bertz CT molecular complexity index is 699. The molecule has 0 saturated carbocycles. The summed E-state index contributed by atoms with van der Waals surface area (Å²) in [6, 6.07) is 14.6. The first-order valence-electron chi connectivity index (χ1n) is 8.03. The molecule has 0 spiro atoms. The Labute approximate surface area is 147 Å². The Balaban J connectivity index is 1.78. The molecular formula is C19H22N2O4. The monoisotopic (exact) mass is 342 g/mol. The zero-order valence-corrected chi connectivity index (χ0v) is 14.4. The lowest BCUT2D eigenvalue weighted by Crippen LogP contribution is -2.24. The Morgan fingerprint density at radius 2 is 1.80 bits per heavy atom. The summed E-state index contributed by atoms with van der Waals surface area (Å²) in [5.74, 6) is 1.54. The standard InChI is InChI=1S/C19H22N2O4/c1-3-12-24-16-10-8-15(9-11-16)13-20-21-19(22)14-25-18-7-5-4-6-17(18)23-2/h4-11,13H,3,12,14H2,1-2H3,(H,21,22)/b20-13-. The third kappa shape index (κ3) is 6.18. The molecule has 2 aromatic rings. The summed E-state index contributed by atoms with van der Waals surface area (Å²) in [5, 5.41) is 3.91. The van der Waals surface area contributed by atoms with Crippen molar-refractivity contribution in [3.63, 3.8) is 0 Å². The Morgan fingerprint density at radius 3 is 2.48 bits per heavy atom. The number of hydrazone groups is 1. The number of nitrogens with one attached hydrogen (secondary N) is 1. The number of ether oxygens (including phenoxy) is 3. The summed E-state index contributed by atoms with van der Waals surface area (Å²) in [6.45, 7) is 2.60. The molecule has 25 heavy (non-hydrogen) atoms. The highest BCUT2D eigenvalue weighted by atomic mass is 16.5. The second-order valence-corrected chi connectivity index (χ2v) is 5.15. The first-order valence-corrected chi connectivity index (χ1v) is 8.03. The van der Waals surface area contributed by atoms with E-state index in [4.69, 9.17) is 14.2 Å². The highest BCUT2D eigenvalue weighted by molar-refractivity contribution is 5.83. The van der Waals surface area contributed by atoms with Crippen LogP contribution in [0.1, 0.15) is 18.9 Å². The van der Waals surface area contributed by atoms with Gasteiger partial charge in [0.15, 0.2) is 18.1 Å². The maximum absolute atomic E-state index is 11.8. The fourth-order valence-corrected chi connectivity index (χ4v) is 1.96. The molecule has 0 aliphatic rings. The highest BCUT2D eigenvalue weighted by Gasteiger charge is 2.05. The molecule has 132 valence electrons.